The molecule has 1 aromatic carbocycles. The highest BCUT2D eigenvalue weighted by atomic mass is 16.5. The van der Waals surface area contributed by atoms with Crippen molar-refractivity contribution in [1.82, 2.24) is 5.16 Å². The number of rotatable bonds is 3. The molecule has 1 aliphatic heterocycles. The molecule has 0 saturated carbocycles. The first-order valence-corrected chi connectivity index (χ1v) is 6.78. The van der Waals surface area contributed by atoms with Crippen molar-refractivity contribution >= 4 is 5.88 Å². The van der Waals surface area contributed by atoms with Crippen LogP contribution in [0.4, 0.5) is 5.88 Å². The smallest absolute Gasteiger partial charge is 0.228 e. The molecule has 0 saturated heterocycles. The summed E-state index contributed by atoms with van der Waals surface area (Å²) in [5, 5.41) is 7.49. The standard InChI is InChI=1S/C15H18N2O3/c1-18-12-7-6-10(9-13(12)19-2)14-11-5-3-4-8-16-15(11)20-17-14/h6-7,9,16H,3-5,8H2,1-2H3. The van der Waals surface area contributed by atoms with E-state index >= 15 is 0 Å². The first-order valence-electron chi connectivity index (χ1n) is 6.78. The van der Waals surface area contributed by atoms with Crippen molar-refractivity contribution < 1.29 is 14.0 Å². The third-order valence-corrected chi connectivity index (χ3v) is 3.58. The predicted octanol–water partition coefficient (Wildman–Crippen LogP) is 3.11. The van der Waals surface area contributed by atoms with Gasteiger partial charge in [-0.05, 0) is 37.5 Å². The predicted molar refractivity (Wildman–Crippen MR) is 76.5 cm³/mol. The molecule has 1 aliphatic rings. The zero-order valence-corrected chi connectivity index (χ0v) is 11.7. The van der Waals surface area contributed by atoms with Gasteiger partial charge in [-0.15, -0.1) is 0 Å². The average Bonchev–Trinajstić information content (AvgIpc) is 2.75. The Balaban J connectivity index is 2.03. The van der Waals surface area contributed by atoms with Crippen LogP contribution in [0.2, 0.25) is 0 Å². The number of hydrogen-bond acceptors (Lipinski definition) is 5. The van der Waals surface area contributed by atoms with E-state index in [1.54, 1.807) is 14.2 Å². The van der Waals surface area contributed by atoms with Crippen LogP contribution in [-0.2, 0) is 6.42 Å². The molecule has 3 rings (SSSR count). The quantitative estimate of drug-likeness (QED) is 0.932. The van der Waals surface area contributed by atoms with E-state index in [-0.39, 0.29) is 0 Å². The number of nitrogens with one attached hydrogen (secondary N) is 1. The molecule has 20 heavy (non-hydrogen) atoms. The van der Waals surface area contributed by atoms with Crippen molar-refractivity contribution in [2.75, 3.05) is 26.1 Å². The number of fused-ring (bicyclic) bond motifs is 1. The van der Waals surface area contributed by atoms with Crippen LogP contribution in [0.15, 0.2) is 22.7 Å². The summed E-state index contributed by atoms with van der Waals surface area (Å²) in [6.07, 6.45) is 3.27. The number of aromatic nitrogens is 1. The number of benzene rings is 1. The minimum absolute atomic E-state index is 0.698. The van der Waals surface area contributed by atoms with Crippen LogP contribution in [-0.4, -0.2) is 25.9 Å². The van der Waals surface area contributed by atoms with E-state index in [9.17, 15) is 0 Å². The molecule has 0 bridgehead atoms. The molecule has 0 fully saturated rings. The second-order valence-corrected chi connectivity index (χ2v) is 4.79. The van der Waals surface area contributed by atoms with Gasteiger partial charge in [-0.25, -0.2) is 0 Å². The Morgan fingerprint density at radius 3 is 2.80 bits per heavy atom. The number of methoxy groups -OCH3 is 2. The molecule has 1 N–H and O–H groups in total. The number of anilines is 1. The normalized spacial score (nSPS) is 14.1. The summed E-state index contributed by atoms with van der Waals surface area (Å²) in [5.41, 5.74) is 3.02. The van der Waals surface area contributed by atoms with Gasteiger partial charge < -0.3 is 19.3 Å². The molecule has 0 atom stereocenters. The molecule has 5 nitrogen and oxygen atoms in total. The van der Waals surface area contributed by atoms with Crippen LogP contribution in [0.3, 0.4) is 0 Å². The Kier molecular flexibility index (Phi) is 3.50. The molecule has 2 heterocycles. The summed E-state index contributed by atoms with van der Waals surface area (Å²) in [6.45, 7) is 0.938. The van der Waals surface area contributed by atoms with Crippen molar-refractivity contribution in [3.05, 3.63) is 23.8 Å². The Labute approximate surface area is 117 Å². The van der Waals surface area contributed by atoms with E-state index in [4.69, 9.17) is 14.0 Å². The van der Waals surface area contributed by atoms with Crippen molar-refractivity contribution in [3.8, 4) is 22.8 Å². The Morgan fingerprint density at radius 2 is 2.00 bits per heavy atom. The lowest BCUT2D eigenvalue weighted by Gasteiger charge is -2.09. The monoisotopic (exact) mass is 274 g/mol. The van der Waals surface area contributed by atoms with Crippen molar-refractivity contribution in [1.29, 1.82) is 0 Å². The molecule has 0 spiro atoms. The molecule has 5 heteroatoms. The molecular weight excluding hydrogens is 256 g/mol. The zero-order valence-electron chi connectivity index (χ0n) is 11.7. The van der Waals surface area contributed by atoms with E-state index in [1.807, 2.05) is 18.2 Å². The van der Waals surface area contributed by atoms with Gasteiger partial charge in [0.05, 0.1) is 14.2 Å². The van der Waals surface area contributed by atoms with Crippen LogP contribution in [0.1, 0.15) is 18.4 Å². The van der Waals surface area contributed by atoms with Gasteiger partial charge in [0.2, 0.25) is 5.88 Å². The number of ether oxygens (including phenoxy) is 2. The SMILES string of the molecule is COc1ccc(-c2noc3c2CCCCN3)cc1OC. The van der Waals surface area contributed by atoms with Crippen LogP contribution in [0.25, 0.3) is 11.3 Å². The van der Waals surface area contributed by atoms with Crippen molar-refractivity contribution in [2.24, 2.45) is 0 Å². The summed E-state index contributed by atoms with van der Waals surface area (Å²) >= 11 is 0. The minimum atomic E-state index is 0.698. The molecule has 1 aromatic heterocycles. The van der Waals surface area contributed by atoms with E-state index < -0.39 is 0 Å². The Bertz CT molecular complexity index is 607. The highest BCUT2D eigenvalue weighted by Crippen LogP contribution is 2.36. The van der Waals surface area contributed by atoms with Gasteiger partial charge in [-0.2, -0.15) is 0 Å². The molecule has 0 amide bonds. The van der Waals surface area contributed by atoms with Crippen LogP contribution >= 0.6 is 0 Å². The molecule has 0 radical (unpaired) electrons. The maximum atomic E-state index is 5.42. The lowest BCUT2D eigenvalue weighted by molar-refractivity contribution is 0.355. The summed E-state index contributed by atoms with van der Waals surface area (Å²) < 4.78 is 16.0. The molecule has 0 unspecified atom stereocenters. The molecule has 106 valence electrons. The minimum Gasteiger partial charge on any atom is -0.493 e. The summed E-state index contributed by atoms with van der Waals surface area (Å²) in [5.74, 6) is 2.21. The van der Waals surface area contributed by atoms with Crippen LogP contribution < -0.4 is 14.8 Å². The summed E-state index contributed by atoms with van der Waals surface area (Å²) in [7, 11) is 3.26. The third-order valence-electron chi connectivity index (χ3n) is 3.58. The fourth-order valence-corrected chi connectivity index (χ4v) is 2.52. The van der Waals surface area contributed by atoms with Gasteiger partial charge in [-0.3, -0.25) is 0 Å². The van der Waals surface area contributed by atoms with Crippen LogP contribution in [0, 0.1) is 0 Å². The maximum absolute atomic E-state index is 5.42. The number of nitrogens with zero attached hydrogens (tertiary/aromatic N) is 1. The van der Waals surface area contributed by atoms with E-state index in [1.165, 1.54) is 0 Å². The fourth-order valence-electron chi connectivity index (χ4n) is 2.52. The Morgan fingerprint density at radius 1 is 1.15 bits per heavy atom. The van der Waals surface area contributed by atoms with Gasteiger partial charge >= 0.3 is 0 Å². The lowest BCUT2D eigenvalue weighted by Crippen LogP contribution is -1.97. The van der Waals surface area contributed by atoms with E-state index in [2.05, 4.69) is 10.5 Å². The fraction of sp³-hybridized carbons (Fsp3) is 0.400. The second kappa shape index (κ2) is 5.45. The van der Waals surface area contributed by atoms with Gasteiger partial charge in [0.1, 0.15) is 5.69 Å². The van der Waals surface area contributed by atoms with Gasteiger partial charge in [0, 0.05) is 17.7 Å². The first kappa shape index (κ1) is 12.8. The van der Waals surface area contributed by atoms with E-state index in [0.717, 1.165) is 48.5 Å². The van der Waals surface area contributed by atoms with Crippen molar-refractivity contribution in [2.45, 2.75) is 19.3 Å². The van der Waals surface area contributed by atoms with Crippen LogP contribution in [0.5, 0.6) is 11.5 Å². The highest BCUT2D eigenvalue weighted by molar-refractivity contribution is 5.70. The zero-order chi connectivity index (χ0) is 13.9. The topological polar surface area (TPSA) is 56.5 Å². The second-order valence-electron chi connectivity index (χ2n) is 4.79. The summed E-state index contributed by atoms with van der Waals surface area (Å²) in [6, 6.07) is 5.80. The summed E-state index contributed by atoms with van der Waals surface area (Å²) in [4.78, 5) is 0. The number of hydrogen-bond donors (Lipinski definition) is 1. The van der Waals surface area contributed by atoms with Gasteiger partial charge in [0.25, 0.3) is 0 Å². The van der Waals surface area contributed by atoms with Crippen molar-refractivity contribution in [3.63, 3.8) is 0 Å². The third kappa shape index (κ3) is 2.19. The largest absolute Gasteiger partial charge is 0.493 e. The molecular formula is C15H18N2O3. The maximum Gasteiger partial charge on any atom is 0.228 e. The first-order chi connectivity index (χ1) is 9.83. The van der Waals surface area contributed by atoms with E-state index in [0.29, 0.717) is 11.5 Å². The van der Waals surface area contributed by atoms with Gasteiger partial charge in [-0.1, -0.05) is 5.16 Å². The van der Waals surface area contributed by atoms with Gasteiger partial charge in [0.15, 0.2) is 11.5 Å². The average molecular weight is 274 g/mol. The molecule has 2 aromatic rings. The highest BCUT2D eigenvalue weighted by Gasteiger charge is 2.20. The Hall–Kier alpha value is -2.17. The molecule has 0 aliphatic carbocycles. The lowest BCUT2D eigenvalue weighted by atomic mass is 10.0.